The van der Waals surface area contributed by atoms with E-state index in [0.29, 0.717) is 17.4 Å². The molecule has 4 aliphatic rings. The Kier molecular flexibility index (Phi) is 1.79. The van der Waals surface area contributed by atoms with E-state index in [1.54, 1.807) is 0 Å². The quantitative estimate of drug-likeness (QED) is 0.699. The molecule has 0 aromatic rings. The Labute approximate surface area is 97.4 Å². The molecule has 1 saturated heterocycles. The third kappa shape index (κ3) is 1.11. The molecule has 1 spiro atoms. The zero-order valence-corrected chi connectivity index (χ0v) is 9.95. The van der Waals surface area contributed by atoms with Gasteiger partial charge >= 0.3 is 0 Å². The van der Waals surface area contributed by atoms with Crippen molar-refractivity contribution in [3.8, 4) is 0 Å². The van der Waals surface area contributed by atoms with E-state index in [1.807, 2.05) is 0 Å². The molecule has 16 heavy (non-hydrogen) atoms. The van der Waals surface area contributed by atoms with Crippen LogP contribution in [0.1, 0.15) is 51.4 Å². The van der Waals surface area contributed by atoms with Crippen LogP contribution < -0.4 is 0 Å². The Morgan fingerprint density at radius 3 is 2.38 bits per heavy atom. The summed E-state index contributed by atoms with van der Waals surface area (Å²) in [6.45, 7) is 1.06. The molecule has 88 valence electrons. The summed E-state index contributed by atoms with van der Waals surface area (Å²) in [6.07, 6.45) is 10.7. The number of likely N-dealkylation sites (tertiary alicyclic amines) is 1. The maximum Gasteiger partial charge on any atom is 0.226 e. The molecule has 2 atom stereocenters. The van der Waals surface area contributed by atoms with Gasteiger partial charge in [-0.2, -0.15) is 0 Å². The Balaban J connectivity index is 1.40. The fourth-order valence-electron chi connectivity index (χ4n) is 4.08. The molecule has 0 bridgehead atoms. The highest BCUT2D eigenvalue weighted by Gasteiger charge is 2.57. The van der Waals surface area contributed by atoms with Gasteiger partial charge in [-0.15, -0.1) is 0 Å². The summed E-state index contributed by atoms with van der Waals surface area (Å²) >= 11 is 0. The molecule has 2 nitrogen and oxygen atoms in total. The third-order valence-electron chi connectivity index (χ3n) is 5.84. The van der Waals surface area contributed by atoms with E-state index in [0.717, 1.165) is 18.4 Å². The summed E-state index contributed by atoms with van der Waals surface area (Å²) in [6, 6.07) is 0. The SMILES string of the molecule is O=C([C@H]1C[C@H]1C1CCC1)N1CCC12CCC2. The lowest BCUT2D eigenvalue weighted by molar-refractivity contribution is -0.157. The third-order valence-corrected chi connectivity index (χ3v) is 5.84. The summed E-state index contributed by atoms with van der Waals surface area (Å²) in [5.41, 5.74) is 0.379. The van der Waals surface area contributed by atoms with Gasteiger partial charge in [0.05, 0.1) is 0 Å². The monoisotopic (exact) mass is 219 g/mol. The van der Waals surface area contributed by atoms with Crippen LogP contribution in [0.3, 0.4) is 0 Å². The highest BCUT2D eigenvalue weighted by Crippen LogP contribution is 2.55. The Bertz CT molecular complexity index is 324. The molecular formula is C14H21NO. The zero-order valence-electron chi connectivity index (χ0n) is 9.95. The van der Waals surface area contributed by atoms with Crippen molar-refractivity contribution in [2.24, 2.45) is 17.8 Å². The van der Waals surface area contributed by atoms with E-state index in [-0.39, 0.29) is 0 Å². The van der Waals surface area contributed by atoms with Crippen LogP contribution in [0.5, 0.6) is 0 Å². The topological polar surface area (TPSA) is 20.3 Å². The minimum absolute atomic E-state index is 0.379. The number of amides is 1. The van der Waals surface area contributed by atoms with Gasteiger partial charge in [0, 0.05) is 18.0 Å². The van der Waals surface area contributed by atoms with Crippen LogP contribution >= 0.6 is 0 Å². The second-order valence-corrected chi connectivity index (χ2v) is 6.51. The smallest absolute Gasteiger partial charge is 0.226 e. The molecule has 0 N–H and O–H groups in total. The predicted molar refractivity (Wildman–Crippen MR) is 61.9 cm³/mol. The van der Waals surface area contributed by atoms with Crippen molar-refractivity contribution in [2.45, 2.75) is 56.9 Å². The minimum Gasteiger partial charge on any atom is -0.337 e. The second-order valence-electron chi connectivity index (χ2n) is 6.51. The highest BCUT2D eigenvalue weighted by atomic mass is 16.2. The maximum absolute atomic E-state index is 12.4. The first-order valence-corrected chi connectivity index (χ1v) is 7.12. The molecule has 0 aromatic heterocycles. The molecule has 0 aromatic carbocycles. The Morgan fingerprint density at radius 2 is 1.94 bits per heavy atom. The molecule has 3 saturated carbocycles. The van der Waals surface area contributed by atoms with Crippen LogP contribution in [0.4, 0.5) is 0 Å². The van der Waals surface area contributed by atoms with Crippen LogP contribution in [-0.4, -0.2) is 22.9 Å². The fourth-order valence-corrected chi connectivity index (χ4v) is 4.08. The van der Waals surface area contributed by atoms with Crippen LogP contribution in [-0.2, 0) is 4.79 Å². The van der Waals surface area contributed by atoms with Crippen molar-refractivity contribution < 1.29 is 4.79 Å². The molecule has 4 fully saturated rings. The van der Waals surface area contributed by atoms with Gasteiger partial charge in [0.25, 0.3) is 0 Å². The van der Waals surface area contributed by atoms with Crippen molar-refractivity contribution in [3.05, 3.63) is 0 Å². The van der Waals surface area contributed by atoms with Crippen molar-refractivity contribution >= 4 is 5.91 Å². The standard InChI is InChI=1S/C14H21NO/c16-13(12-9-11(12)10-3-1-4-10)15-8-7-14(15)5-2-6-14/h10-12H,1-9H2/t11-,12-/m0/s1. The summed E-state index contributed by atoms with van der Waals surface area (Å²) in [5.74, 6) is 2.69. The van der Waals surface area contributed by atoms with Crippen molar-refractivity contribution in [2.75, 3.05) is 6.54 Å². The molecular weight excluding hydrogens is 198 g/mol. The predicted octanol–water partition coefficient (Wildman–Crippen LogP) is 2.58. The van der Waals surface area contributed by atoms with E-state index >= 15 is 0 Å². The molecule has 1 heterocycles. The van der Waals surface area contributed by atoms with Gasteiger partial charge in [0.1, 0.15) is 0 Å². The van der Waals surface area contributed by atoms with Gasteiger partial charge in [-0.05, 0) is 43.9 Å². The Morgan fingerprint density at radius 1 is 1.12 bits per heavy atom. The summed E-state index contributed by atoms with van der Waals surface area (Å²) in [4.78, 5) is 14.6. The van der Waals surface area contributed by atoms with Gasteiger partial charge in [0.2, 0.25) is 5.91 Å². The van der Waals surface area contributed by atoms with Gasteiger partial charge in [0.15, 0.2) is 0 Å². The number of nitrogens with zero attached hydrogens (tertiary/aromatic N) is 1. The average molecular weight is 219 g/mol. The minimum atomic E-state index is 0.379. The molecule has 3 aliphatic carbocycles. The van der Waals surface area contributed by atoms with Crippen LogP contribution in [0.2, 0.25) is 0 Å². The van der Waals surface area contributed by atoms with Crippen LogP contribution in [0, 0.1) is 17.8 Å². The fraction of sp³-hybridized carbons (Fsp3) is 0.929. The van der Waals surface area contributed by atoms with Gasteiger partial charge in [-0.3, -0.25) is 4.79 Å². The second kappa shape index (κ2) is 3.02. The summed E-state index contributed by atoms with van der Waals surface area (Å²) in [5, 5.41) is 0. The largest absolute Gasteiger partial charge is 0.337 e. The summed E-state index contributed by atoms with van der Waals surface area (Å²) < 4.78 is 0. The van der Waals surface area contributed by atoms with E-state index in [2.05, 4.69) is 4.90 Å². The molecule has 1 amide bonds. The lowest BCUT2D eigenvalue weighted by atomic mass is 9.67. The van der Waals surface area contributed by atoms with E-state index in [1.165, 1.54) is 51.4 Å². The first-order chi connectivity index (χ1) is 7.80. The first kappa shape index (κ1) is 9.49. The molecule has 0 unspecified atom stereocenters. The number of rotatable bonds is 2. The number of carbonyl (C=O) groups excluding carboxylic acids is 1. The van der Waals surface area contributed by atoms with Gasteiger partial charge in [-0.1, -0.05) is 19.3 Å². The van der Waals surface area contributed by atoms with Crippen LogP contribution in [0.25, 0.3) is 0 Å². The van der Waals surface area contributed by atoms with Crippen molar-refractivity contribution in [1.29, 1.82) is 0 Å². The lowest BCUT2D eigenvalue weighted by Crippen LogP contribution is -2.66. The van der Waals surface area contributed by atoms with E-state index in [9.17, 15) is 4.79 Å². The normalized spacial score (nSPS) is 39.9. The number of hydrogen-bond donors (Lipinski definition) is 0. The number of carbonyl (C=O) groups is 1. The molecule has 1 aliphatic heterocycles. The summed E-state index contributed by atoms with van der Waals surface area (Å²) in [7, 11) is 0. The van der Waals surface area contributed by atoms with Crippen molar-refractivity contribution in [1.82, 2.24) is 4.90 Å². The van der Waals surface area contributed by atoms with E-state index < -0.39 is 0 Å². The lowest BCUT2D eigenvalue weighted by Gasteiger charge is -2.58. The van der Waals surface area contributed by atoms with Gasteiger partial charge < -0.3 is 4.90 Å². The first-order valence-electron chi connectivity index (χ1n) is 7.12. The number of hydrogen-bond acceptors (Lipinski definition) is 1. The zero-order chi connectivity index (χ0) is 10.8. The average Bonchev–Trinajstić information content (AvgIpc) is 2.75. The maximum atomic E-state index is 12.4. The molecule has 4 rings (SSSR count). The van der Waals surface area contributed by atoms with E-state index in [4.69, 9.17) is 0 Å². The van der Waals surface area contributed by atoms with Crippen LogP contribution in [0.15, 0.2) is 0 Å². The Hall–Kier alpha value is -0.530. The van der Waals surface area contributed by atoms with Crippen molar-refractivity contribution in [3.63, 3.8) is 0 Å². The highest BCUT2D eigenvalue weighted by molar-refractivity contribution is 5.83. The molecule has 2 heteroatoms. The van der Waals surface area contributed by atoms with Gasteiger partial charge in [-0.25, -0.2) is 0 Å². The molecule has 0 radical (unpaired) electrons.